The number of carbonyl (C=O) groups is 1. The number of benzene rings is 2. The summed E-state index contributed by atoms with van der Waals surface area (Å²) >= 11 is 0. The number of aliphatic carboxylic acids is 1. The van der Waals surface area contributed by atoms with Crippen molar-refractivity contribution in [3.8, 4) is 6.07 Å². The molecule has 4 rings (SSSR count). The van der Waals surface area contributed by atoms with Gasteiger partial charge in [-0.2, -0.15) is 5.26 Å². The molecule has 0 saturated carbocycles. The molecular weight excluding hydrogens is 448 g/mol. The minimum Gasteiger partial charge on any atom is -0.481 e. The largest absolute Gasteiger partial charge is 0.481 e. The van der Waals surface area contributed by atoms with Crippen molar-refractivity contribution in [3.05, 3.63) is 89.0 Å². The van der Waals surface area contributed by atoms with Crippen LogP contribution in [0.5, 0.6) is 0 Å². The maximum atomic E-state index is 12.7. The van der Waals surface area contributed by atoms with E-state index in [1.807, 2.05) is 42.9 Å². The fraction of sp³-hybridized carbons (Fsp3) is 0.433. The molecule has 0 spiro atoms. The number of rotatable bonds is 10. The number of likely N-dealkylation sites (tertiary alicyclic amines) is 1. The normalized spacial score (nSPS) is 20.2. The van der Waals surface area contributed by atoms with Gasteiger partial charge in [0.15, 0.2) is 0 Å². The third-order valence-electron chi connectivity index (χ3n) is 7.59. The topological polar surface area (TPSA) is 82.2 Å². The zero-order chi connectivity index (χ0) is 25.5. The summed E-state index contributed by atoms with van der Waals surface area (Å²) < 4.78 is 2.16. The molecule has 36 heavy (non-hydrogen) atoms. The lowest BCUT2D eigenvalue weighted by atomic mass is 9.70. The van der Waals surface area contributed by atoms with E-state index in [1.54, 1.807) is 0 Å². The number of piperidine rings is 1. The zero-order valence-electron chi connectivity index (χ0n) is 21.4. The number of nitriles is 1. The van der Waals surface area contributed by atoms with Crippen molar-refractivity contribution < 1.29 is 9.90 Å². The van der Waals surface area contributed by atoms with Gasteiger partial charge in [-0.3, -0.25) is 9.69 Å². The summed E-state index contributed by atoms with van der Waals surface area (Å²) in [5.74, 6) is -0.670. The number of aryl methyl sites for hydroxylation is 1. The predicted octanol–water partition coefficient (Wildman–Crippen LogP) is 5.58. The second-order valence-electron chi connectivity index (χ2n) is 10.3. The van der Waals surface area contributed by atoms with E-state index in [4.69, 9.17) is 5.26 Å². The fourth-order valence-electron chi connectivity index (χ4n) is 5.51. The monoisotopic (exact) mass is 484 g/mol. The van der Waals surface area contributed by atoms with Crippen molar-refractivity contribution in [1.82, 2.24) is 14.5 Å². The van der Waals surface area contributed by atoms with Gasteiger partial charge in [-0.25, -0.2) is 4.98 Å². The highest BCUT2D eigenvalue weighted by molar-refractivity contribution is 5.75. The molecule has 2 unspecified atom stereocenters. The Morgan fingerprint density at radius 1 is 1.19 bits per heavy atom. The van der Waals surface area contributed by atoms with E-state index >= 15 is 0 Å². The highest BCUT2D eigenvalue weighted by atomic mass is 16.4. The van der Waals surface area contributed by atoms with Gasteiger partial charge >= 0.3 is 5.97 Å². The van der Waals surface area contributed by atoms with E-state index in [0.717, 1.165) is 49.2 Å². The molecular formula is C30H36N4O2. The molecule has 2 aromatic carbocycles. The molecule has 0 bridgehead atoms. The summed E-state index contributed by atoms with van der Waals surface area (Å²) in [5.41, 5.74) is 4.46. The van der Waals surface area contributed by atoms with E-state index in [0.29, 0.717) is 31.4 Å². The van der Waals surface area contributed by atoms with Gasteiger partial charge in [0.25, 0.3) is 0 Å². The summed E-state index contributed by atoms with van der Waals surface area (Å²) in [6, 6.07) is 18.3. The van der Waals surface area contributed by atoms with Crippen molar-refractivity contribution >= 4 is 5.97 Å². The van der Waals surface area contributed by atoms with Crippen LogP contribution in [0.25, 0.3) is 0 Å². The highest BCUT2D eigenvalue weighted by Gasteiger charge is 2.45. The number of nitrogens with zero attached hydrogens (tertiary/aromatic N) is 4. The van der Waals surface area contributed by atoms with Gasteiger partial charge in [-0.1, -0.05) is 61.7 Å². The van der Waals surface area contributed by atoms with Crippen LogP contribution >= 0.6 is 0 Å². The Hall–Kier alpha value is -3.43. The molecule has 2 atom stereocenters. The number of carboxylic acids is 1. The Labute approximate surface area is 214 Å². The first-order valence-corrected chi connectivity index (χ1v) is 12.9. The molecule has 1 aromatic heterocycles. The standard InChI is InChI=1S/C30H36N4O2/c1-3-4-8-27-17-30(29(35)36,16-26-7-5-6-23(2)15-26)13-14-33(27)21-28-19-32-22-34(28)20-25-11-9-24(18-31)10-12-25/h5-7,9-12,15,19,22,27H,3-4,8,13-14,16-17,20-21H2,1-2H3,(H,35,36). The van der Waals surface area contributed by atoms with Crippen molar-refractivity contribution in [3.63, 3.8) is 0 Å². The van der Waals surface area contributed by atoms with E-state index in [9.17, 15) is 9.90 Å². The first-order valence-electron chi connectivity index (χ1n) is 12.9. The molecule has 6 heteroatoms. The summed E-state index contributed by atoms with van der Waals surface area (Å²) in [4.78, 5) is 19.5. The molecule has 1 saturated heterocycles. The zero-order valence-corrected chi connectivity index (χ0v) is 21.4. The predicted molar refractivity (Wildman–Crippen MR) is 140 cm³/mol. The van der Waals surface area contributed by atoms with Gasteiger partial charge < -0.3 is 9.67 Å². The number of hydrogen-bond acceptors (Lipinski definition) is 4. The van der Waals surface area contributed by atoms with Crippen LogP contribution in [0, 0.1) is 23.7 Å². The average molecular weight is 485 g/mol. The molecule has 188 valence electrons. The van der Waals surface area contributed by atoms with Gasteiger partial charge in [-0.15, -0.1) is 0 Å². The Morgan fingerprint density at radius 2 is 2.00 bits per heavy atom. The van der Waals surface area contributed by atoms with Gasteiger partial charge in [0.1, 0.15) is 0 Å². The van der Waals surface area contributed by atoms with Gasteiger partial charge in [-0.05, 0) is 62.4 Å². The van der Waals surface area contributed by atoms with E-state index in [-0.39, 0.29) is 6.04 Å². The minimum atomic E-state index is -0.731. The van der Waals surface area contributed by atoms with Crippen molar-refractivity contribution in [2.75, 3.05) is 6.54 Å². The molecule has 2 heterocycles. The maximum Gasteiger partial charge on any atom is 0.310 e. The average Bonchev–Trinajstić information content (AvgIpc) is 3.30. The highest BCUT2D eigenvalue weighted by Crippen LogP contribution is 2.40. The number of carboxylic acid groups (broad SMARTS) is 1. The lowest BCUT2D eigenvalue weighted by Gasteiger charge is -2.45. The minimum absolute atomic E-state index is 0.220. The molecule has 1 fully saturated rings. The van der Waals surface area contributed by atoms with E-state index in [2.05, 4.69) is 52.6 Å². The smallest absolute Gasteiger partial charge is 0.310 e. The molecule has 1 N–H and O–H groups in total. The quantitative estimate of drug-likeness (QED) is 0.406. The Morgan fingerprint density at radius 3 is 2.69 bits per heavy atom. The van der Waals surface area contributed by atoms with Crippen LogP contribution in [0.2, 0.25) is 0 Å². The van der Waals surface area contributed by atoms with E-state index in [1.165, 1.54) is 5.56 Å². The summed E-state index contributed by atoms with van der Waals surface area (Å²) in [7, 11) is 0. The molecule has 0 aliphatic carbocycles. The van der Waals surface area contributed by atoms with Crippen molar-refractivity contribution in [1.29, 1.82) is 5.26 Å². The van der Waals surface area contributed by atoms with Gasteiger partial charge in [0.2, 0.25) is 0 Å². The summed E-state index contributed by atoms with van der Waals surface area (Å²) in [5, 5.41) is 19.5. The van der Waals surface area contributed by atoms with Crippen molar-refractivity contribution in [2.45, 2.75) is 71.5 Å². The molecule has 0 radical (unpaired) electrons. The van der Waals surface area contributed by atoms with Gasteiger partial charge in [0.05, 0.1) is 29.1 Å². The first kappa shape index (κ1) is 25.7. The number of hydrogen-bond donors (Lipinski definition) is 1. The Balaban J connectivity index is 1.51. The fourth-order valence-corrected chi connectivity index (χ4v) is 5.51. The summed E-state index contributed by atoms with van der Waals surface area (Å²) in [6.07, 6.45) is 8.86. The number of aromatic nitrogens is 2. The van der Waals surface area contributed by atoms with Crippen LogP contribution < -0.4 is 0 Å². The molecule has 0 amide bonds. The third kappa shape index (κ3) is 6.03. The second-order valence-corrected chi connectivity index (χ2v) is 10.3. The Bertz CT molecular complexity index is 1210. The van der Waals surface area contributed by atoms with Gasteiger partial charge in [0, 0.05) is 25.3 Å². The molecule has 3 aromatic rings. The van der Waals surface area contributed by atoms with E-state index < -0.39 is 11.4 Å². The lowest BCUT2D eigenvalue weighted by molar-refractivity contribution is -0.154. The lowest BCUT2D eigenvalue weighted by Crippen LogP contribution is -2.51. The Kier molecular flexibility index (Phi) is 8.22. The van der Waals surface area contributed by atoms with Crippen LogP contribution in [0.15, 0.2) is 61.1 Å². The van der Waals surface area contributed by atoms with Crippen LogP contribution in [-0.2, 0) is 24.3 Å². The van der Waals surface area contributed by atoms with Crippen LogP contribution in [0.4, 0.5) is 0 Å². The molecule has 6 nitrogen and oxygen atoms in total. The third-order valence-corrected chi connectivity index (χ3v) is 7.59. The summed E-state index contributed by atoms with van der Waals surface area (Å²) in [6.45, 7) is 6.46. The maximum absolute atomic E-state index is 12.7. The number of unbranched alkanes of at least 4 members (excludes halogenated alkanes) is 1. The SMILES string of the molecule is CCCCC1CC(Cc2cccc(C)c2)(C(=O)O)CCN1Cc1cncn1Cc1ccc(C#N)cc1. The van der Waals surface area contributed by atoms with Crippen LogP contribution in [0.3, 0.4) is 0 Å². The molecule has 1 aliphatic rings. The van der Waals surface area contributed by atoms with Crippen LogP contribution in [-0.4, -0.2) is 38.1 Å². The number of imidazole rings is 1. The second kappa shape index (κ2) is 11.5. The molecule has 1 aliphatic heterocycles. The van der Waals surface area contributed by atoms with Crippen LogP contribution in [0.1, 0.15) is 67.0 Å². The first-order chi connectivity index (χ1) is 17.4. The van der Waals surface area contributed by atoms with Crippen molar-refractivity contribution in [2.24, 2.45) is 5.41 Å².